The third-order valence-electron chi connectivity index (χ3n) is 5.93. The molecule has 0 aliphatic carbocycles. The van der Waals surface area contributed by atoms with Crippen LogP contribution in [0.5, 0.6) is 0 Å². The van der Waals surface area contributed by atoms with Crippen LogP contribution in [0, 0.1) is 0 Å². The predicted octanol–water partition coefficient (Wildman–Crippen LogP) is 2.61. The van der Waals surface area contributed by atoms with E-state index in [4.69, 9.17) is 9.72 Å². The van der Waals surface area contributed by atoms with Crippen molar-refractivity contribution < 1.29 is 4.74 Å². The largest absolute Gasteiger partial charge is 0.375 e. The van der Waals surface area contributed by atoms with Gasteiger partial charge < -0.3 is 4.74 Å². The molecule has 3 aliphatic heterocycles. The van der Waals surface area contributed by atoms with E-state index in [2.05, 4.69) is 46.2 Å². The quantitative estimate of drug-likeness (QED) is 0.859. The Morgan fingerprint density at radius 2 is 2.04 bits per heavy atom. The number of hydrogen-bond donors (Lipinski definition) is 0. The molecular formula is C21H25N3O. The van der Waals surface area contributed by atoms with E-state index in [1.807, 2.05) is 6.20 Å². The normalized spacial score (nSPS) is 26.1. The highest BCUT2D eigenvalue weighted by Gasteiger charge is 2.39. The Labute approximate surface area is 149 Å². The maximum Gasteiger partial charge on any atom is 0.0718 e. The standard InChI is InChI=1S/C21H25N3O/c1-2-4-16(5-3-1)11-23-9-7-20-17(12-23)6-8-22-21(20)14-24-13-19-10-18(24)15-25-19/h1-6,8,18-19H,7,9-15H2/t18-,19-/m0/s1. The van der Waals surface area contributed by atoms with Crippen molar-refractivity contribution in [3.63, 3.8) is 0 Å². The SMILES string of the molecule is c1ccc(CN2CCc3c(ccnc3CN3C[C@@H]4C[C@H]3CO4)C2)cc1. The van der Waals surface area contributed by atoms with Gasteiger partial charge in [0, 0.05) is 45.0 Å². The van der Waals surface area contributed by atoms with Gasteiger partial charge in [-0.15, -0.1) is 0 Å². The fraction of sp³-hybridized carbons (Fsp3) is 0.476. The average molecular weight is 335 g/mol. The van der Waals surface area contributed by atoms with Gasteiger partial charge in [-0.2, -0.15) is 0 Å². The Bertz CT molecular complexity index is 748. The van der Waals surface area contributed by atoms with Gasteiger partial charge in [0.1, 0.15) is 0 Å². The predicted molar refractivity (Wildman–Crippen MR) is 97.1 cm³/mol. The zero-order valence-electron chi connectivity index (χ0n) is 14.6. The summed E-state index contributed by atoms with van der Waals surface area (Å²) in [5.74, 6) is 0. The monoisotopic (exact) mass is 335 g/mol. The van der Waals surface area contributed by atoms with E-state index in [1.165, 1.54) is 28.8 Å². The molecule has 2 bridgehead atoms. The Hall–Kier alpha value is -1.75. The first-order valence-electron chi connectivity index (χ1n) is 9.43. The molecule has 2 atom stereocenters. The summed E-state index contributed by atoms with van der Waals surface area (Å²) in [4.78, 5) is 9.87. The molecule has 1 aromatic carbocycles. The van der Waals surface area contributed by atoms with Crippen molar-refractivity contribution >= 4 is 0 Å². The fourth-order valence-corrected chi connectivity index (χ4v) is 4.60. The third-order valence-corrected chi connectivity index (χ3v) is 5.93. The summed E-state index contributed by atoms with van der Waals surface area (Å²) in [6.07, 6.45) is 4.79. The second-order valence-electron chi connectivity index (χ2n) is 7.62. The summed E-state index contributed by atoms with van der Waals surface area (Å²) in [5, 5.41) is 0. The van der Waals surface area contributed by atoms with Crippen LogP contribution >= 0.6 is 0 Å². The van der Waals surface area contributed by atoms with Crippen LogP contribution < -0.4 is 0 Å². The molecule has 0 amide bonds. The molecule has 4 nitrogen and oxygen atoms in total. The summed E-state index contributed by atoms with van der Waals surface area (Å²) < 4.78 is 5.73. The first kappa shape index (κ1) is 15.5. The number of morpholine rings is 1. The molecule has 4 heteroatoms. The third kappa shape index (κ3) is 3.10. The highest BCUT2D eigenvalue weighted by atomic mass is 16.5. The van der Waals surface area contributed by atoms with E-state index < -0.39 is 0 Å². The minimum Gasteiger partial charge on any atom is -0.375 e. The van der Waals surface area contributed by atoms with Gasteiger partial charge >= 0.3 is 0 Å². The first-order valence-corrected chi connectivity index (χ1v) is 9.43. The highest BCUT2D eigenvalue weighted by Crippen LogP contribution is 2.30. The summed E-state index contributed by atoms with van der Waals surface area (Å²) in [5.41, 5.74) is 5.65. The molecule has 0 unspecified atom stereocenters. The van der Waals surface area contributed by atoms with E-state index in [0.717, 1.165) is 45.8 Å². The van der Waals surface area contributed by atoms with Crippen LogP contribution in [-0.2, 0) is 30.8 Å². The van der Waals surface area contributed by atoms with E-state index in [1.54, 1.807) is 0 Å². The lowest BCUT2D eigenvalue weighted by Gasteiger charge is -2.31. The minimum atomic E-state index is 0.464. The molecule has 0 N–H and O–H groups in total. The number of likely N-dealkylation sites (tertiary alicyclic amines) is 1. The lowest BCUT2D eigenvalue weighted by Crippen LogP contribution is -2.37. The summed E-state index contributed by atoms with van der Waals surface area (Å²) in [7, 11) is 0. The second-order valence-corrected chi connectivity index (χ2v) is 7.62. The van der Waals surface area contributed by atoms with Gasteiger partial charge in [-0.25, -0.2) is 0 Å². The summed E-state index contributed by atoms with van der Waals surface area (Å²) in [6, 6.07) is 13.6. The maximum absolute atomic E-state index is 5.73. The van der Waals surface area contributed by atoms with Gasteiger partial charge in [0.25, 0.3) is 0 Å². The van der Waals surface area contributed by atoms with Gasteiger partial charge in [0.2, 0.25) is 0 Å². The van der Waals surface area contributed by atoms with Crippen molar-refractivity contribution in [3.8, 4) is 0 Å². The number of rotatable bonds is 4. The maximum atomic E-state index is 5.73. The van der Waals surface area contributed by atoms with Crippen LogP contribution in [0.3, 0.4) is 0 Å². The second kappa shape index (κ2) is 6.52. The number of fused-ring (bicyclic) bond motifs is 3. The number of ether oxygens (including phenoxy) is 1. The van der Waals surface area contributed by atoms with Crippen LogP contribution in [-0.4, -0.2) is 46.6 Å². The Kier molecular flexibility index (Phi) is 4.04. The Balaban J connectivity index is 1.30. The molecule has 0 saturated carbocycles. The Morgan fingerprint density at radius 1 is 1.12 bits per heavy atom. The molecule has 0 radical (unpaired) electrons. The smallest absolute Gasteiger partial charge is 0.0718 e. The molecule has 1 aromatic heterocycles. The summed E-state index contributed by atoms with van der Waals surface area (Å²) in [6.45, 7) is 6.17. The minimum absolute atomic E-state index is 0.464. The molecule has 25 heavy (non-hydrogen) atoms. The molecule has 2 fully saturated rings. The van der Waals surface area contributed by atoms with Gasteiger partial charge in [-0.1, -0.05) is 30.3 Å². The van der Waals surface area contributed by atoms with Crippen molar-refractivity contribution in [2.75, 3.05) is 19.7 Å². The summed E-state index contributed by atoms with van der Waals surface area (Å²) >= 11 is 0. The first-order chi connectivity index (χ1) is 12.3. The number of hydrogen-bond acceptors (Lipinski definition) is 4. The van der Waals surface area contributed by atoms with Gasteiger partial charge in [0.15, 0.2) is 0 Å². The van der Waals surface area contributed by atoms with Crippen LogP contribution in [0.2, 0.25) is 0 Å². The Morgan fingerprint density at radius 3 is 2.84 bits per heavy atom. The van der Waals surface area contributed by atoms with E-state index in [9.17, 15) is 0 Å². The van der Waals surface area contributed by atoms with Gasteiger partial charge in [-0.3, -0.25) is 14.8 Å². The molecule has 5 rings (SSSR count). The van der Waals surface area contributed by atoms with Crippen molar-refractivity contribution in [3.05, 3.63) is 65.0 Å². The van der Waals surface area contributed by atoms with Crippen LogP contribution in [0.1, 0.15) is 28.8 Å². The fourth-order valence-electron chi connectivity index (χ4n) is 4.60. The van der Waals surface area contributed by atoms with Crippen molar-refractivity contribution in [1.82, 2.24) is 14.8 Å². The number of pyridine rings is 1. The number of benzene rings is 1. The molecular weight excluding hydrogens is 310 g/mol. The highest BCUT2D eigenvalue weighted by molar-refractivity contribution is 5.32. The molecule has 0 spiro atoms. The lowest BCUT2D eigenvalue weighted by molar-refractivity contribution is 0.0266. The van der Waals surface area contributed by atoms with Crippen molar-refractivity contribution in [2.24, 2.45) is 0 Å². The molecule has 2 aromatic rings. The van der Waals surface area contributed by atoms with Crippen molar-refractivity contribution in [2.45, 2.75) is 44.6 Å². The number of nitrogens with zero attached hydrogens (tertiary/aromatic N) is 3. The lowest BCUT2D eigenvalue weighted by atomic mass is 9.97. The van der Waals surface area contributed by atoms with Gasteiger partial charge in [0.05, 0.1) is 18.4 Å². The zero-order valence-corrected chi connectivity index (χ0v) is 14.6. The van der Waals surface area contributed by atoms with Crippen LogP contribution in [0.25, 0.3) is 0 Å². The molecule has 4 heterocycles. The molecule has 2 saturated heterocycles. The van der Waals surface area contributed by atoms with E-state index >= 15 is 0 Å². The van der Waals surface area contributed by atoms with Gasteiger partial charge in [-0.05, 0) is 35.6 Å². The van der Waals surface area contributed by atoms with Crippen LogP contribution in [0.4, 0.5) is 0 Å². The van der Waals surface area contributed by atoms with Crippen LogP contribution in [0.15, 0.2) is 42.6 Å². The molecule has 3 aliphatic rings. The number of aromatic nitrogens is 1. The topological polar surface area (TPSA) is 28.6 Å². The van der Waals surface area contributed by atoms with Crippen molar-refractivity contribution in [1.29, 1.82) is 0 Å². The average Bonchev–Trinajstić information content (AvgIpc) is 3.26. The molecule has 130 valence electrons. The zero-order chi connectivity index (χ0) is 16.6. The van der Waals surface area contributed by atoms with E-state index in [-0.39, 0.29) is 0 Å². The van der Waals surface area contributed by atoms with E-state index in [0.29, 0.717) is 12.1 Å².